The number of carbonyl (C=O) groups excluding carboxylic acids is 1. The zero-order valence-corrected chi connectivity index (χ0v) is 16.2. The number of carbonyl (C=O) groups is 1. The fourth-order valence-corrected chi connectivity index (χ4v) is 2.30. The highest BCUT2D eigenvalue weighted by Crippen LogP contribution is 2.28. The van der Waals surface area contributed by atoms with Gasteiger partial charge in [0.05, 0.1) is 30.0 Å². The molecule has 0 aliphatic carbocycles. The maximum absolute atomic E-state index is 12.4. The van der Waals surface area contributed by atoms with Crippen molar-refractivity contribution in [1.82, 2.24) is 5.32 Å². The third kappa shape index (κ3) is 5.98. The van der Waals surface area contributed by atoms with E-state index in [0.717, 1.165) is 11.3 Å². The van der Waals surface area contributed by atoms with Crippen LogP contribution in [0.1, 0.15) is 15.9 Å². The fourth-order valence-electron chi connectivity index (χ4n) is 2.14. The molecule has 26 heavy (non-hydrogen) atoms. The molecule has 2 aromatic rings. The number of hydrogen-bond donors (Lipinski definition) is 2. The number of benzene rings is 2. The molecule has 0 aliphatic heterocycles. The second-order valence-electron chi connectivity index (χ2n) is 5.24. The summed E-state index contributed by atoms with van der Waals surface area (Å²) in [5, 5.41) is 3.14. The minimum absolute atomic E-state index is 0. The van der Waals surface area contributed by atoms with Crippen LogP contribution in [-0.4, -0.2) is 33.3 Å². The van der Waals surface area contributed by atoms with Gasteiger partial charge in [-0.2, -0.15) is 0 Å². The number of nitrogens with one attached hydrogen (secondary N) is 1. The Morgan fingerprint density at radius 2 is 1.85 bits per heavy atom. The number of rotatable bonds is 8. The van der Waals surface area contributed by atoms with Crippen molar-refractivity contribution in [3.8, 4) is 11.5 Å². The highest BCUT2D eigenvalue weighted by atomic mass is 35.5. The van der Waals surface area contributed by atoms with Crippen molar-refractivity contribution in [2.45, 2.75) is 6.54 Å². The smallest absolute Gasteiger partial charge is 0.255 e. The van der Waals surface area contributed by atoms with Crippen molar-refractivity contribution >= 4 is 35.6 Å². The number of nitrogens with two attached hydrogens (primary N) is 1. The van der Waals surface area contributed by atoms with Gasteiger partial charge in [-0.25, -0.2) is 0 Å². The lowest BCUT2D eigenvalue weighted by atomic mass is 10.1. The van der Waals surface area contributed by atoms with E-state index < -0.39 is 0 Å². The molecule has 0 unspecified atom stereocenters. The SMILES string of the molecule is COCCOc1ccc(CNC(=O)c2cc(Cl)c(N)cc2OC)cc1.Cl. The van der Waals surface area contributed by atoms with E-state index in [-0.39, 0.29) is 18.3 Å². The number of nitrogen functional groups attached to an aromatic ring is 1. The Bertz CT molecular complexity index is 724. The van der Waals surface area contributed by atoms with E-state index in [4.69, 9.17) is 31.5 Å². The summed E-state index contributed by atoms with van der Waals surface area (Å²) in [6.07, 6.45) is 0. The van der Waals surface area contributed by atoms with E-state index in [1.54, 1.807) is 7.11 Å². The van der Waals surface area contributed by atoms with Crippen molar-refractivity contribution in [2.24, 2.45) is 0 Å². The highest BCUT2D eigenvalue weighted by Gasteiger charge is 2.14. The molecule has 0 bridgehead atoms. The van der Waals surface area contributed by atoms with E-state index in [2.05, 4.69) is 5.32 Å². The van der Waals surface area contributed by atoms with Crippen LogP contribution >= 0.6 is 24.0 Å². The van der Waals surface area contributed by atoms with Crippen molar-refractivity contribution < 1.29 is 19.0 Å². The first kappa shape index (κ1) is 21.9. The average molecular weight is 401 g/mol. The maximum Gasteiger partial charge on any atom is 0.255 e. The van der Waals surface area contributed by atoms with Crippen LogP contribution in [0.3, 0.4) is 0 Å². The molecule has 142 valence electrons. The summed E-state index contributed by atoms with van der Waals surface area (Å²) < 4.78 is 15.6. The van der Waals surface area contributed by atoms with Gasteiger partial charge in [0.1, 0.15) is 18.1 Å². The van der Waals surface area contributed by atoms with Crippen LogP contribution in [0.2, 0.25) is 5.02 Å². The summed E-state index contributed by atoms with van der Waals surface area (Å²) in [6, 6.07) is 10.5. The molecule has 0 saturated heterocycles. The minimum atomic E-state index is -0.292. The molecule has 0 fully saturated rings. The minimum Gasteiger partial charge on any atom is -0.496 e. The van der Waals surface area contributed by atoms with Crippen LogP contribution in [0.15, 0.2) is 36.4 Å². The van der Waals surface area contributed by atoms with Crippen molar-refractivity contribution in [3.05, 3.63) is 52.5 Å². The van der Waals surface area contributed by atoms with E-state index in [1.165, 1.54) is 19.2 Å². The molecule has 0 aliphatic rings. The lowest BCUT2D eigenvalue weighted by molar-refractivity contribution is 0.0948. The molecule has 6 nitrogen and oxygen atoms in total. The Morgan fingerprint density at radius 1 is 1.15 bits per heavy atom. The predicted octanol–water partition coefficient (Wildman–Crippen LogP) is 3.31. The Hall–Kier alpha value is -2.15. The quantitative estimate of drug-likeness (QED) is 0.524. The lowest BCUT2D eigenvalue weighted by Gasteiger charge is -2.12. The third-order valence-corrected chi connectivity index (χ3v) is 3.82. The Morgan fingerprint density at radius 3 is 2.46 bits per heavy atom. The number of halogens is 2. The van der Waals surface area contributed by atoms with Crippen LogP contribution in [0.4, 0.5) is 5.69 Å². The molecule has 0 aromatic heterocycles. The molecule has 8 heteroatoms. The molecular formula is C18H22Cl2N2O4. The van der Waals surface area contributed by atoms with Gasteiger partial charge in [-0.05, 0) is 23.8 Å². The summed E-state index contributed by atoms with van der Waals surface area (Å²) in [5.41, 5.74) is 7.36. The molecule has 0 radical (unpaired) electrons. The van der Waals surface area contributed by atoms with Crippen LogP contribution in [-0.2, 0) is 11.3 Å². The van der Waals surface area contributed by atoms with Crippen molar-refractivity contribution in [2.75, 3.05) is 33.2 Å². The van der Waals surface area contributed by atoms with Crippen molar-refractivity contribution in [1.29, 1.82) is 0 Å². The molecular weight excluding hydrogens is 379 g/mol. The van der Waals surface area contributed by atoms with Gasteiger partial charge in [0.25, 0.3) is 5.91 Å². The first-order valence-corrected chi connectivity index (χ1v) is 8.05. The number of amides is 1. The summed E-state index contributed by atoms with van der Waals surface area (Å²) in [7, 11) is 3.10. The largest absolute Gasteiger partial charge is 0.496 e. The number of ether oxygens (including phenoxy) is 3. The fraction of sp³-hybridized carbons (Fsp3) is 0.278. The normalized spacial score (nSPS) is 9.96. The Balaban J connectivity index is 0.00000338. The zero-order valence-electron chi connectivity index (χ0n) is 14.6. The molecule has 2 aromatic carbocycles. The molecule has 0 atom stereocenters. The predicted molar refractivity (Wildman–Crippen MR) is 105 cm³/mol. The van der Waals surface area contributed by atoms with Crippen LogP contribution in [0.25, 0.3) is 0 Å². The standard InChI is InChI=1S/C18H21ClN2O4.ClH/c1-23-7-8-25-13-5-3-12(4-6-13)11-21-18(22)14-9-15(19)16(20)10-17(14)24-2;/h3-6,9-10H,7-8,11,20H2,1-2H3,(H,21,22);1H. The van der Waals surface area contributed by atoms with Crippen LogP contribution in [0, 0.1) is 0 Å². The second kappa shape index (κ2) is 10.8. The van der Waals surface area contributed by atoms with Crippen LogP contribution < -0.4 is 20.5 Å². The number of hydrogen-bond acceptors (Lipinski definition) is 5. The van der Waals surface area contributed by atoms with E-state index in [1.807, 2.05) is 24.3 Å². The molecule has 0 heterocycles. The number of anilines is 1. The Labute approximate surface area is 164 Å². The van der Waals surface area contributed by atoms with Gasteiger partial charge in [0, 0.05) is 19.7 Å². The van der Waals surface area contributed by atoms with E-state index in [9.17, 15) is 4.79 Å². The lowest BCUT2D eigenvalue weighted by Crippen LogP contribution is -2.23. The Kier molecular flexibility index (Phi) is 9.05. The highest BCUT2D eigenvalue weighted by molar-refractivity contribution is 6.33. The van der Waals surface area contributed by atoms with E-state index in [0.29, 0.717) is 41.8 Å². The van der Waals surface area contributed by atoms with Gasteiger partial charge < -0.3 is 25.3 Å². The van der Waals surface area contributed by atoms with Gasteiger partial charge in [-0.15, -0.1) is 12.4 Å². The third-order valence-electron chi connectivity index (χ3n) is 3.50. The zero-order chi connectivity index (χ0) is 18.2. The van der Waals surface area contributed by atoms with Gasteiger partial charge in [-0.3, -0.25) is 4.79 Å². The summed E-state index contributed by atoms with van der Waals surface area (Å²) in [6.45, 7) is 1.39. The molecule has 0 saturated carbocycles. The first-order valence-electron chi connectivity index (χ1n) is 7.67. The summed E-state index contributed by atoms with van der Waals surface area (Å²) in [5.74, 6) is 0.833. The molecule has 2 rings (SSSR count). The van der Waals surface area contributed by atoms with Gasteiger partial charge in [0.15, 0.2) is 0 Å². The first-order chi connectivity index (χ1) is 12.0. The maximum atomic E-state index is 12.4. The second-order valence-corrected chi connectivity index (χ2v) is 5.65. The molecule has 3 N–H and O–H groups in total. The molecule has 0 spiro atoms. The van der Waals surface area contributed by atoms with Crippen LogP contribution in [0.5, 0.6) is 11.5 Å². The van der Waals surface area contributed by atoms with Crippen molar-refractivity contribution in [3.63, 3.8) is 0 Å². The van der Waals surface area contributed by atoms with Gasteiger partial charge in [0.2, 0.25) is 0 Å². The topological polar surface area (TPSA) is 82.8 Å². The number of methoxy groups -OCH3 is 2. The summed E-state index contributed by atoms with van der Waals surface area (Å²) >= 11 is 5.99. The van der Waals surface area contributed by atoms with Gasteiger partial charge >= 0.3 is 0 Å². The monoisotopic (exact) mass is 400 g/mol. The van der Waals surface area contributed by atoms with E-state index >= 15 is 0 Å². The summed E-state index contributed by atoms with van der Waals surface area (Å²) in [4.78, 5) is 12.4. The molecule has 1 amide bonds. The average Bonchev–Trinajstić information content (AvgIpc) is 2.62. The van der Waals surface area contributed by atoms with Gasteiger partial charge in [-0.1, -0.05) is 23.7 Å².